The Bertz CT molecular complexity index is 206. The van der Waals surface area contributed by atoms with E-state index in [-0.39, 0.29) is 12.1 Å². The van der Waals surface area contributed by atoms with Gasteiger partial charge in [-0.25, -0.2) is 9.59 Å². The molecule has 0 atom stereocenters. The van der Waals surface area contributed by atoms with Gasteiger partial charge in [0.1, 0.15) is 0 Å². The van der Waals surface area contributed by atoms with E-state index in [1.165, 1.54) is 4.90 Å². The maximum absolute atomic E-state index is 11.0. The van der Waals surface area contributed by atoms with Crippen LogP contribution in [0.1, 0.15) is 13.3 Å². The van der Waals surface area contributed by atoms with E-state index in [9.17, 15) is 9.59 Å². The highest BCUT2D eigenvalue weighted by atomic mass is 16.2. The molecule has 0 aromatic heterocycles. The summed E-state index contributed by atoms with van der Waals surface area (Å²) in [6.07, 6.45) is 0.908. The van der Waals surface area contributed by atoms with Gasteiger partial charge >= 0.3 is 12.1 Å². The third-order valence-electron chi connectivity index (χ3n) is 1.63. The van der Waals surface area contributed by atoms with Crippen LogP contribution in [0.2, 0.25) is 0 Å². The number of carbonyl (C=O) groups is 2. The van der Waals surface area contributed by atoms with Gasteiger partial charge in [0.25, 0.3) is 0 Å². The number of rotatable bonds is 5. The molecule has 15 heavy (non-hydrogen) atoms. The topological polar surface area (TPSA) is 73.5 Å². The Morgan fingerprint density at radius 2 is 1.53 bits per heavy atom. The van der Waals surface area contributed by atoms with Crippen LogP contribution in [-0.4, -0.2) is 50.7 Å². The molecule has 0 saturated heterocycles. The molecule has 6 heteroatoms. The number of amides is 4. The van der Waals surface area contributed by atoms with Crippen LogP contribution in [0.4, 0.5) is 9.59 Å². The van der Waals surface area contributed by atoms with Crippen LogP contribution in [0, 0.1) is 0 Å². The molecule has 0 aromatic carbocycles. The summed E-state index contributed by atoms with van der Waals surface area (Å²) in [6.45, 7) is 3.50. The highest BCUT2D eigenvalue weighted by Gasteiger charge is 2.01. The van der Waals surface area contributed by atoms with Crippen LogP contribution in [0.25, 0.3) is 0 Å². The monoisotopic (exact) mass is 216 g/mol. The minimum absolute atomic E-state index is 0.161. The van der Waals surface area contributed by atoms with Crippen LogP contribution in [0.5, 0.6) is 0 Å². The van der Waals surface area contributed by atoms with E-state index in [4.69, 9.17) is 0 Å². The number of carbonyl (C=O) groups excluding carboxylic acids is 2. The molecule has 0 radical (unpaired) electrons. The van der Waals surface area contributed by atoms with Crippen LogP contribution in [-0.2, 0) is 0 Å². The maximum atomic E-state index is 11.0. The molecule has 0 aromatic rings. The first-order chi connectivity index (χ1) is 7.07. The van der Waals surface area contributed by atoms with Crippen molar-refractivity contribution in [2.75, 3.05) is 33.7 Å². The summed E-state index contributed by atoms with van der Waals surface area (Å²) >= 11 is 0. The first-order valence-electron chi connectivity index (χ1n) is 5.04. The van der Waals surface area contributed by atoms with E-state index >= 15 is 0 Å². The normalized spacial score (nSPS) is 9.27. The van der Waals surface area contributed by atoms with Gasteiger partial charge < -0.3 is 20.9 Å². The number of hydrogen-bond donors (Lipinski definition) is 3. The Labute approximate surface area is 90.4 Å². The molecule has 0 fully saturated rings. The Balaban J connectivity index is 3.38. The van der Waals surface area contributed by atoms with Gasteiger partial charge in [-0.1, -0.05) is 6.92 Å². The summed E-state index contributed by atoms with van der Waals surface area (Å²) in [5, 5.41) is 7.94. The average molecular weight is 216 g/mol. The summed E-state index contributed by atoms with van der Waals surface area (Å²) in [5.41, 5.74) is 0. The van der Waals surface area contributed by atoms with Crippen molar-refractivity contribution in [1.29, 1.82) is 0 Å². The molecule has 0 spiro atoms. The van der Waals surface area contributed by atoms with E-state index < -0.39 is 0 Å². The third kappa shape index (κ3) is 7.60. The third-order valence-corrected chi connectivity index (χ3v) is 1.63. The zero-order chi connectivity index (χ0) is 11.7. The minimum Gasteiger partial charge on any atom is -0.338 e. The fraction of sp³-hybridized carbons (Fsp3) is 0.778. The Morgan fingerprint density at radius 1 is 1.00 bits per heavy atom. The van der Waals surface area contributed by atoms with E-state index in [2.05, 4.69) is 16.0 Å². The number of hydrogen-bond acceptors (Lipinski definition) is 2. The average Bonchev–Trinajstić information content (AvgIpc) is 2.20. The van der Waals surface area contributed by atoms with Crippen LogP contribution >= 0.6 is 0 Å². The summed E-state index contributed by atoms with van der Waals surface area (Å²) in [5.74, 6) is 0. The number of nitrogens with one attached hydrogen (secondary N) is 3. The summed E-state index contributed by atoms with van der Waals surface area (Å²) in [7, 11) is 3.33. The minimum atomic E-state index is -0.198. The van der Waals surface area contributed by atoms with Crippen molar-refractivity contribution in [1.82, 2.24) is 20.9 Å². The van der Waals surface area contributed by atoms with Crippen LogP contribution in [0.3, 0.4) is 0 Å². The SMILES string of the molecule is CCCNC(=O)NCCNC(=O)N(C)C. The molecule has 88 valence electrons. The second-order valence-corrected chi connectivity index (χ2v) is 3.31. The quantitative estimate of drug-likeness (QED) is 0.564. The largest absolute Gasteiger partial charge is 0.338 e. The van der Waals surface area contributed by atoms with Crippen molar-refractivity contribution in [2.24, 2.45) is 0 Å². The summed E-state index contributed by atoms with van der Waals surface area (Å²) in [6, 6.07) is -0.360. The van der Waals surface area contributed by atoms with Crippen molar-refractivity contribution in [3.05, 3.63) is 0 Å². The molecular formula is C9H20N4O2. The Morgan fingerprint density at radius 3 is 2.07 bits per heavy atom. The van der Waals surface area contributed by atoms with Gasteiger partial charge in [0, 0.05) is 33.7 Å². The molecule has 0 aliphatic heterocycles. The lowest BCUT2D eigenvalue weighted by Crippen LogP contribution is -2.42. The molecule has 0 aliphatic rings. The predicted octanol–water partition coefficient (Wildman–Crippen LogP) is -0.0332. The van der Waals surface area contributed by atoms with Crippen LogP contribution in [0.15, 0.2) is 0 Å². The van der Waals surface area contributed by atoms with Gasteiger partial charge in [-0.15, -0.1) is 0 Å². The Hall–Kier alpha value is -1.46. The second-order valence-electron chi connectivity index (χ2n) is 3.31. The molecule has 0 aliphatic carbocycles. The van der Waals surface area contributed by atoms with Gasteiger partial charge in [0.05, 0.1) is 0 Å². The van der Waals surface area contributed by atoms with Crippen molar-refractivity contribution in [2.45, 2.75) is 13.3 Å². The molecule has 4 amide bonds. The molecule has 0 bridgehead atoms. The van der Waals surface area contributed by atoms with Gasteiger partial charge in [0.2, 0.25) is 0 Å². The van der Waals surface area contributed by atoms with Crippen molar-refractivity contribution in [3.63, 3.8) is 0 Å². The van der Waals surface area contributed by atoms with Crippen molar-refractivity contribution in [3.8, 4) is 0 Å². The zero-order valence-electron chi connectivity index (χ0n) is 9.59. The molecule has 0 saturated carbocycles. The zero-order valence-corrected chi connectivity index (χ0v) is 9.59. The maximum Gasteiger partial charge on any atom is 0.316 e. The van der Waals surface area contributed by atoms with Gasteiger partial charge in [0.15, 0.2) is 0 Å². The van der Waals surface area contributed by atoms with E-state index in [1.807, 2.05) is 6.92 Å². The lowest BCUT2D eigenvalue weighted by Gasteiger charge is -2.12. The van der Waals surface area contributed by atoms with Crippen molar-refractivity contribution < 1.29 is 9.59 Å². The first-order valence-corrected chi connectivity index (χ1v) is 5.04. The van der Waals surface area contributed by atoms with Gasteiger partial charge in [-0.05, 0) is 6.42 Å². The predicted molar refractivity (Wildman–Crippen MR) is 58.8 cm³/mol. The molecule has 6 nitrogen and oxygen atoms in total. The number of urea groups is 2. The van der Waals surface area contributed by atoms with Crippen molar-refractivity contribution >= 4 is 12.1 Å². The van der Waals surface area contributed by atoms with Gasteiger partial charge in [-0.3, -0.25) is 0 Å². The summed E-state index contributed by atoms with van der Waals surface area (Å²) < 4.78 is 0. The Kier molecular flexibility index (Phi) is 7.13. The molecule has 0 rings (SSSR count). The second kappa shape index (κ2) is 7.90. The first kappa shape index (κ1) is 13.5. The smallest absolute Gasteiger partial charge is 0.316 e. The molecule has 0 unspecified atom stereocenters. The number of nitrogens with zero attached hydrogens (tertiary/aromatic N) is 1. The van der Waals surface area contributed by atoms with E-state index in [0.717, 1.165) is 6.42 Å². The highest BCUT2D eigenvalue weighted by molar-refractivity contribution is 5.74. The fourth-order valence-electron chi connectivity index (χ4n) is 0.805. The van der Waals surface area contributed by atoms with E-state index in [0.29, 0.717) is 19.6 Å². The van der Waals surface area contributed by atoms with E-state index in [1.54, 1.807) is 14.1 Å². The fourth-order valence-corrected chi connectivity index (χ4v) is 0.805. The van der Waals surface area contributed by atoms with Gasteiger partial charge in [-0.2, -0.15) is 0 Å². The molecule has 0 heterocycles. The highest BCUT2D eigenvalue weighted by Crippen LogP contribution is 1.75. The molecular weight excluding hydrogens is 196 g/mol. The standard InChI is InChI=1S/C9H20N4O2/c1-4-5-10-8(14)11-6-7-12-9(15)13(2)3/h4-7H2,1-3H3,(H,12,15)(H2,10,11,14). The van der Waals surface area contributed by atoms with Crippen LogP contribution < -0.4 is 16.0 Å². The molecule has 3 N–H and O–H groups in total. The lowest BCUT2D eigenvalue weighted by molar-refractivity contribution is 0.217. The summed E-state index contributed by atoms with van der Waals surface area (Å²) in [4.78, 5) is 23.5. The lowest BCUT2D eigenvalue weighted by atomic mass is 10.5.